The molecule has 0 aliphatic carbocycles. The molecule has 2 aromatic carbocycles. The molecular weight excluding hydrogens is 322 g/mol. The molecule has 0 spiro atoms. The van der Waals surface area contributed by atoms with Crippen molar-refractivity contribution in [2.45, 2.75) is 6.54 Å². The number of aromatic nitrogens is 1. The van der Waals surface area contributed by atoms with Crippen molar-refractivity contribution in [3.63, 3.8) is 0 Å². The lowest BCUT2D eigenvalue weighted by molar-refractivity contribution is -0.384. The van der Waals surface area contributed by atoms with Crippen molar-refractivity contribution in [1.29, 1.82) is 0 Å². The smallest absolute Gasteiger partial charge is 0.337 e. The number of para-hydroxylation sites is 1. The van der Waals surface area contributed by atoms with Gasteiger partial charge in [0.25, 0.3) is 0 Å². The average molecular weight is 337 g/mol. The lowest BCUT2D eigenvalue weighted by Crippen LogP contribution is -2.05. The van der Waals surface area contributed by atoms with Crippen molar-refractivity contribution in [2.75, 3.05) is 12.4 Å². The number of nitrogens with one attached hydrogen (secondary N) is 1. The molecule has 3 aromatic rings. The van der Waals surface area contributed by atoms with Crippen LogP contribution in [-0.2, 0) is 11.3 Å². The third-order valence-electron chi connectivity index (χ3n) is 3.80. The van der Waals surface area contributed by atoms with E-state index in [0.717, 1.165) is 5.56 Å². The van der Waals surface area contributed by atoms with E-state index in [0.29, 0.717) is 28.7 Å². The minimum atomic E-state index is -0.456. The maximum atomic E-state index is 11.5. The van der Waals surface area contributed by atoms with E-state index in [1.165, 1.54) is 13.3 Å². The Hall–Kier alpha value is -3.48. The number of esters is 1. The standard InChI is InChI=1S/C18H15N3O4/c1-25-18(22)13-8-6-12(7-9-13)10-20-17-14-4-2-3-5-15(14)19-11-16(17)21(23)24/h2-9,11H,10H2,1H3,(H,19,20). The first kappa shape index (κ1) is 16.4. The molecule has 0 saturated carbocycles. The Balaban J connectivity index is 1.88. The number of pyridine rings is 1. The number of benzene rings is 2. The fourth-order valence-electron chi connectivity index (χ4n) is 2.52. The largest absolute Gasteiger partial charge is 0.465 e. The van der Waals surface area contributed by atoms with E-state index in [4.69, 9.17) is 0 Å². The third kappa shape index (κ3) is 3.40. The molecule has 3 rings (SSSR count). The quantitative estimate of drug-likeness (QED) is 0.435. The van der Waals surface area contributed by atoms with E-state index >= 15 is 0 Å². The van der Waals surface area contributed by atoms with Gasteiger partial charge in [-0.25, -0.2) is 9.78 Å². The molecule has 0 saturated heterocycles. The van der Waals surface area contributed by atoms with Crippen LogP contribution in [0, 0.1) is 10.1 Å². The zero-order valence-electron chi connectivity index (χ0n) is 13.4. The van der Waals surface area contributed by atoms with Gasteiger partial charge in [0.05, 0.1) is 23.1 Å². The molecule has 1 heterocycles. The summed E-state index contributed by atoms with van der Waals surface area (Å²) in [5, 5.41) is 15.1. The van der Waals surface area contributed by atoms with E-state index in [1.807, 2.05) is 12.1 Å². The van der Waals surface area contributed by atoms with Gasteiger partial charge >= 0.3 is 11.7 Å². The zero-order chi connectivity index (χ0) is 17.8. The maximum absolute atomic E-state index is 11.5. The second-order valence-electron chi connectivity index (χ2n) is 5.33. The monoisotopic (exact) mass is 337 g/mol. The van der Waals surface area contributed by atoms with Gasteiger partial charge < -0.3 is 10.1 Å². The minimum Gasteiger partial charge on any atom is -0.465 e. The third-order valence-corrected chi connectivity index (χ3v) is 3.80. The number of anilines is 1. The Morgan fingerprint density at radius 2 is 1.92 bits per heavy atom. The number of carbonyl (C=O) groups is 1. The Kier molecular flexibility index (Phi) is 4.56. The summed E-state index contributed by atoms with van der Waals surface area (Å²) in [5.41, 5.74) is 2.35. The van der Waals surface area contributed by atoms with Crippen molar-refractivity contribution in [1.82, 2.24) is 4.98 Å². The molecule has 0 radical (unpaired) electrons. The number of methoxy groups -OCH3 is 1. The van der Waals surface area contributed by atoms with Gasteiger partial charge in [-0.3, -0.25) is 10.1 Å². The number of ether oxygens (including phenoxy) is 1. The molecule has 0 fully saturated rings. The normalized spacial score (nSPS) is 10.4. The van der Waals surface area contributed by atoms with Gasteiger partial charge in [-0.2, -0.15) is 0 Å². The highest BCUT2D eigenvalue weighted by Gasteiger charge is 2.17. The van der Waals surface area contributed by atoms with E-state index in [9.17, 15) is 14.9 Å². The SMILES string of the molecule is COC(=O)c1ccc(CNc2c([N+](=O)[O-])cnc3ccccc23)cc1. The molecule has 0 aliphatic rings. The summed E-state index contributed by atoms with van der Waals surface area (Å²) in [5.74, 6) is -0.407. The maximum Gasteiger partial charge on any atom is 0.337 e. The van der Waals surface area contributed by atoms with E-state index in [2.05, 4.69) is 15.0 Å². The Morgan fingerprint density at radius 1 is 1.20 bits per heavy atom. The summed E-state index contributed by atoms with van der Waals surface area (Å²) in [6.07, 6.45) is 1.25. The van der Waals surface area contributed by atoms with Crippen LogP contribution in [0.3, 0.4) is 0 Å². The Labute approximate surface area is 143 Å². The summed E-state index contributed by atoms with van der Waals surface area (Å²) >= 11 is 0. The summed E-state index contributed by atoms with van der Waals surface area (Å²) in [7, 11) is 1.32. The van der Waals surface area contributed by atoms with Crippen molar-refractivity contribution in [3.8, 4) is 0 Å². The van der Waals surface area contributed by atoms with Crippen molar-refractivity contribution >= 4 is 28.2 Å². The van der Waals surface area contributed by atoms with Gasteiger partial charge in [0.15, 0.2) is 0 Å². The second kappa shape index (κ2) is 6.96. The number of nitrogens with zero attached hydrogens (tertiary/aromatic N) is 2. The van der Waals surface area contributed by atoms with Crippen LogP contribution >= 0.6 is 0 Å². The lowest BCUT2D eigenvalue weighted by atomic mass is 10.1. The van der Waals surface area contributed by atoms with Crippen molar-refractivity contribution < 1.29 is 14.5 Å². The van der Waals surface area contributed by atoms with Crippen LogP contribution in [0.1, 0.15) is 15.9 Å². The first-order valence-corrected chi connectivity index (χ1v) is 7.53. The second-order valence-corrected chi connectivity index (χ2v) is 5.33. The van der Waals surface area contributed by atoms with Crippen molar-refractivity contribution in [2.24, 2.45) is 0 Å². The molecule has 1 N–H and O–H groups in total. The Bertz CT molecular complexity index is 939. The summed E-state index contributed by atoms with van der Waals surface area (Å²) < 4.78 is 4.66. The molecule has 1 aromatic heterocycles. The van der Waals surface area contributed by atoms with Crippen LogP contribution in [0.2, 0.25) is 0 Å². The van der Waals surface area contributed by atoms with Gasteiger partial charge in [0, 0.05) is 11.9 Å². The van der Waals surface area contributed by atoms with Crippen LogP contribution in [0.15, 0.2) is 54.7 Å². The van der Waals surface area contributed by atoms with Crippen LogP contribution < -0.4 is 5.32 Å². The van der Waals surface area contributed by atoms with Crippen LogP contribution in [0.5, 0.6) is 0 Å². The highest BCUT2D eigenvalue weighted by molar-refractivity contribution is 5.95. The fraction of sp³-hybridized carbons (Fsp3) is 0.111. The van der Waals surface area contributed by atoms with E-state index < -0.39 is 10.9 Å². The highest BCUT2D eigenvalue weighted by Crippen LogP contribution is 2.31. The summed E-state index contributed by atoms with van der Waals surface area (Å²) in [6.45, 7) is 0.371. The summed E-state index contributed by atoms with van der Waals surface area (Å²) in [6, 6.07) is 14.1. The number of fused-ring (bicyclic) bond motifs is 1. The Morgan fingerprint density at radius 3 is 2.60 bits per heavy atom. The van der Waals surface area contributed by atoms with Crippen LogP contribution in [0.4, 0.5) is 11.4 Å². The van der Waals surface area contributed by atoms with E-state index in [-0.39, 0.29) is 5.69 Å². The fourth-order valence-corrected chi connectivity index (χ4v) is 2.52. The molecule has 0 aliphatic heterocycles. The number of hydrogen-bond donors (Lipinski definition) is 1. The molecule has 126 valence electrons. The number of rotatable bonds is 5. The van der Waals surface area contributed by atoms with Crippen LogP contribution in [0.25, 0.3) is 10.9 Å². The molecule has 0 atom stereocenters. The highest BCUT2D eigenvalue weighted by atomic mass is 16.6. The van der Waals surface area contributed by atoms with Crippen LogP contribution in [-0.4, -0.2) is 23.0 Å². The first-order chi connectivity index (χ1) is 12.1. The van der Waals surface area contributed by atoms with E-state index in [1.54, 1.807) is 36.4 Å². The summed E-state index contributed by atoms with van der Waals surface area (Å²) in [4.78, 5) is 26.4. The molecular formula is C18H15N3O4. The molecule has 25 heavy (non-hydrogen) atoms. The predicted octanol–water partition coefficient (Wildman–Crippen LogP) is 3.54. The first-order valence-electron chi connectivity index (χ1n) is 7.53. The predicted molar refractivity (Wildman–Crippen MR) is 93.5 cm³/mol. The molecule has 7 heteroatoms. The number of nitro groups is 1. The lowest BCUT2D eigenvalue weighted by Gasteiger charge is -2.10. The molecule has 0 amide bonds. The van der Waals surface area contributed by atoms with Gasteiger partial charge in [-0.1, -0.05) is 30.3 Å². The molecule has 7 nitrogen and oxygen atoms in total. The molecule has 0 unspecified atom stereocenters. The number of hydrogen-bond acceptors (Lipinski definition) is 6. The van der Waals surface area contributed by atoms with Gasteiger partial charge in [-0.05, 0) is 23.8 Å². The zero-order valence-corrected chi connectivity index (χ0v) is 13.4. The van der Waals surface area contributed by atoms with Gasteiger partial charge in [0.2, 0.25) is 0 Å². The topological polar surface area (TPSA) is 94.4 Å². The minimum absolute atomic E-state index is 0.0788. The van der Waals surface area contributed by atoms with Crippen molar-refractivity contribution in [3.05, 3.63) is 76.0 Å². The average Bonchev–Trinajstić information content (AvgIpc) is 2.65. The van der Waals surface area contributed by atoms with Gasteiger partial charge in [-0.15, -0.1) is 0 Å². The molecule has 0 bridgehead atoms. The number of carbonyl (C=O) groups excluding carboxylic acids is 1. The van der Waals surface area contributed by atoms with Gasteiger partial charge in [0.1, 0.15) is 11.9 Å².